The van der Waals surface area contributed by atoms with Crippen LogP contribution in [0.1, 0.15) is 11.7 Å². The van der Waals surface area contributed by atoms with Crippen molar-refractivity contribution >= 4 is 5.97 Å². The summed E-state index contributed by atoms with van der Waals surface area (Å²) in [5.74, 6) is -6.89. The van der Waals surface area contributed by atoms with Gasteiger partial charge in [0.25, 0.3) is 0 Å². The molecule has 0 fully saturated rings. The van der Waals surface area contributed by atoms with Crippen molar-refractivity contribution in [3.8, 4) is 0 Å². The maximum Gasteiger partial charge on any atom is 0.343 e. The van der Waals surface area contributed by atoms with Gasteiger partial charge in [0.1, 0.15) is 0 Å². The molecule has 0 aromatic heterocycles. The minimum atomic E-state index is -2.57. The third-order valence-corrected chi connectivity index (χ3v) is 1.52. The van der Waals surface area contributed by atoms with Crippen molar-refractivity contribution < 1.29 is 27.5 Å². The molecule has 0 amide bonds. The molecule has 1 atom stereocenters. The summed E-state index contributed by atoms with van der Waals surface area (Å²) < 4.78 is 50.0. The first-order valence-corrected chi connectivity index (χ1v) is 3.44. The summed E-state index contributed by atoms with van der Waals surface area (Å²) in [4.78, 5) is 10.1. The zero-order chi connectivity index (χ0) is 10.9. The standard InChI is InChI=1S/C8H4F4O2/c9-4-1-3(6(11)8(13)14)2-5(10)7(4)12/h1-2,6H,(H,13,14). The van der Waals surface area contributed by atoms with Crippen LogP contribution in [0.3, 0.4) is 0 Å². The minimum absolute atomic E-state index is 0.303. The summed E-state index contributed by atoms with van der Waals surface area (Å²) in [7, 11) is 0. The van der Waals surface area contributed by atoms with E-state index in [0.29, 0.717) is 12.1 Å². The average molecular weight is 208 g/mol. The van der Waals surface area contributed by atoms with Gasteiger partial charge in [-0.2, -0.15) is 0 Å². The van der Waals surface area contributed by atoms with Gasteiger partial charge in [-0.15, -0.1) is 0 Å². The van der Waals surface area contributed by atoms with E-state index >= 15 is 0 Å². The van der Waals surface area contributed by atoms with Gasteiger partial charge in [-0.25, -0.2) is 22.4 Å². The van der Waals surface area contributed by atoms with Gasteiger partial charge in [0.2, 0.25) is 6.17 Å². The van der Waals surface area contributed by atoms with Crippen LogP contribution in [-0.2, 0) is 4.79 Å². The summed E-state index contributed by atoms with van der Waals surface area (Å²) in [5, 5.41) is 8.17. The minimum Gasteiger partial charge on any atom is -0.479 e. The quantitative estimate of drug-likeness (QED) is 0.597. The lowest BCUT2D eigenvalue weighted by Gasteiger charge is -2.04. The van der Waals surface area contributed by atoms with Crippen molar-refractivity contribution in [2.24, 2.45) is 0 Å². The first-order valence-electron chi connectivity index (χ1n) is 3.44. The van der Waals surface area contributed by atoms with Crippen molar-refractivity contribution in [3.05, 3.63) is 35.1 Å². The fourth-order valence-corrected chi connectivity index (χ4v) is 0.864. The Morgan fingerprint density at radius 1 is 1.21 bits per heavy atom. The number of hydrogen-bond acceptors (Lipinski definition) is 1. The van der Waals surface area contributed by atoms with E-state index < -0.39 is 35.2 Å². The van der Waals surface area contributed by atoms with Crippen LogP contribution >= 0.6 is 0 Å². The second kappa shape index (κ2) is 3.65. The van der Waals surface area contributed by atoms with Gasteiger partial charge < -0.3 is 5.11 Å². The molecule has 6 heteroatoms. The summed E-state index contributed by atoms with van der Waals surface area (Å²) in [6.45, 7) is 0. The largest absolute Gasteiger partial charge is 0.479 e. The third kappa shape index (κ3) is 1.84. The van der Waals surface area contributed by atoms with Crippen LogP contribution in [0.4, 0.5) is 17.6 Å². The Labute approximate surface area is 75.8 Å². The molecule has 1 N–H and O–H groups in total. The van der Waals surface area contributed by atoms with Crippen LogP contribution < -0.4 is 0 Å². The molecular formula is C8H4F4O2. The molecule has 76 valence electrons. The maximum absolute atomic E-state index is 12.7. The normalized spacial score (nSPS) is 12.6. The zero-order valence-electron chi connectivity index (χ0n) is 6.60. The van der Waals surface area contributed by atoms with Crippen molar-refractivity contribution in [1.82, 2.24) is 0 Å². The second-order valence-electron chi connectivity index (χ2n) is 2.50. The lowest BCUT2D eigenvalue weighted by atomic mass is 10.1. The van der Waals surface area contributed by atoms with E-state index in [1.807, 2.05) is 0 Å². The third-order valence-electron chi connectivity index (χ3n) is 1.52. The molecule has 0 spiro atoms. The Kier molecular flexibility index (Phi) is 2.73. The van der Waals surface area contributed by atoms with Gasteiger partial charge in [-0.05, 0) is 12.1 Å². The zero-order valence-corrected chi connectivity index (χ0v) is 6.60. The average Bonchev–Trinajstić information content (AvgIpc) is 2.12. The van der Waals surface area contributed by atoms with Crippen molar-refractivity contribution in [3.63, 3.8) is 0 Å². The smallest absolute Gasteiger partial charge is 0.343 e. The molecule has 1 unspecified atom stereocenters. The highest BCUT2D eigenvalue weighted by atomic mass is 19.2. The topological polar surface area (TPSA) is 37.3 Å². The highest BCUT2D eigenvalue weighted by Crippen LogP contribution is 2.22. The lowest BCUT2D eigenvalue weighted by Crippen LogP contribution is -2.07. The number of carbonyl (C=O) groups is 1. The number of hydrogen-bond donors (Lipinski definition) is 1. The van der Waals surface area contributed by atoms with Crippen LogP contribution in [0.15, 0.2) is 12.1 Å². The number of aliphatic carboxylic acids is 1. The molecule has 0 saturated carbocycles. The molecule has 0 saturated heterocycles. The predicted molar refractivity (Wildman–Crippen MR) is 37.8 cm³/mol. The molecular weight excluding hydrogens is 204 g/mol. The fraction of sp³-hybridized carbons (Fsp3) is 0.125. The van der Waals surface area contributed by atoms with Crippen LogP contribution in [0.2, 0.25) is 0 Å². The number of halogens is 4. The van der Waals surface area contributed by atoms with Gasteiger partial charge in [-0.1, -0.05) is 0 Å². The predicted octanol–water partition coefficient (Wildman–Crippen LogP) is 2.20. The van der Waals surface area contributed by atoms with E-state index in [0.717, 1.165) is 0 Å². The van der Waals surface area contributed by atoms with E-state index in [1.54, 1.807) is 0 Å². The molecule has 2 nitrogen and oxygen atoms in total. The molecule has 14 heavy (non-hydrogen) atoms. The highest BCUT2D eigenvalue weighted by Gasteiger charge is 2.22. The molecule has 0 bridgehead atoms. The van der Waals surface area contributed by atoms with E-state index in [1.165, 1.54) is 0 Å². The first-order chi connectivity index (χ1) is 6.43. The summed E-state index contributed by atoms with van der Waals surface area (Å²) in [6.07, 6.45) is -2.57. The van der Waals surface area contributed by atoms with Crippen LogP contribution in [0.5, 0.6) is 0 Å². The van der Waals surface area contributed by atoms with Gasteiger partial charge in [-0.3, -0.25) is 0 Å². The molecule has 1 aromatic carbocycles. The second-order valence-corrected chi connectivity index (χ2v) is 2.50. The number of carboxylic acids is 1. The molecule has 1 rings (SSSR count). The summed E-state index contributed by atoms with van der Waals surface area (Å²) in [5.41, 5.74) is -0.770. The van der Waals surface area contributed by atoms with E-state index in [9.17, 15) is 22.4 Å². The van der Waals surface area contributed by atoms with Gasteiger partial charge in [0.05, 0.1) is 0 Å². The van der Waals surface area contributed by atoms with Gasteiger partial charge in [0, 0.05) is 5.56 Å². The summed E-state index contributed by atoms with van der Waals surface area (Å²) >= 11 is 0. The SMILES string of the molecule is O=C(O)C(F)c1cc(F)c(F)c(F)c1. The number of alkyl halides is 1. The Morgan fingerprint density at radius 2 is 1.64 bits per heavy atom. The van der Waals surface area contributed by atoms with E-state index in [2.05, 4.69) is 0 Å². The van der Waals surface area contributed by atoms with Crippen LogP contribution in [0.25, 0.3) is 0 Å². The van der Waals surface area contributed by atoms with Crippen molar-refractivity contribution in [1.29, 1.82) is 0 Å². The molecule has 0 heterocycles. The van der Waals surface area contributed by atoms with Crippen molar-refractivity contribution in [2.75, 3.05) is 0 Å². The molecule has 1 aromatic rings. The highest BCUT2D eigenvalue weighted by molar-refractivity contribution is 5.74. The van der Waals surface area contributed by atoms with Crippen LogP contribution in [0, 0.1) is 17.5 Å². The van der Waals surface area contributed by atoms with Gasteiger partial charge in [0.15, 0.2) is 17.5 Å². The Balaban J connectivity index is 3.19. The van der Waals surface area contributed by atoms with Crippen molar-refractivity contribution in [2.45, 2.75) is 6.17 Å². The Bertz CT molecular complexity index is 355. The number of rotatable bonds is 2. The summed E-state index contributed by atoms with van der Waals surface area (Å²) in [6, 6.07) is 0.606. The Hall–Kier alpha value is -1.59. The molecule has 0 radical (unpaired) electrons. The fourth-order valence-electron chi connectivity index (χ4n) is 0.864. The first kappa shape index (κ1) is 10.5. The lowest BCUT2D eigenvalue weighted by molar-refractivity contribution is -0.143. The number of benzene rings is 1. The van der Waals surface area contributed by atoms with E-state index in [-0.39, 0.29) is 0 Å². The molecule has 0 aliphatic heterocycles. The number of carboxylic acid groups (broad SMARTS) is 1. The molecule has 0 aliphatic rings. The molecule has 0 aliphatic carbocycles. The van der Waals surface area contributed by atoms with Gasteiger partial charge >= 0.3 is 5.97 Å². The maximum atomic E-state index is 12.7. The van der Waals surface area contributed by atoms with Crippen LogP contribution in [-0.4, -0.2) is 11.1 Å². The van der Waals surface area contributed by atoms with E-state index in [4.69, 9.17) is 5.11 Å². The Morgan fingerprint density at radius 3 is 2.00 bits per heavy atom. The monoisotopic (exact) mass is 208 g/mol.